The zero-order valence-corrected chi connectivity index (χ0v) is 20.8. The van der Waals surface area contributed by atoms with Crippen molar-refractivity contribution in [1.82, 2.24) is 5.32 Å². The van der Waals surface area contributed by atoms with Crippen molar-refractivity contribution in [2.24, 2.45) is 5.92 Å². The van der Waals surface area contributed by atoms with E-state index in [9.17, 15) is 26.3 Å². The van der Waals surface area contributed by atoms with E-state index in [0.29, 0.717) is 5.75 Å². The van der Waals surface area contributed by atoms with Crippen LogP contribution in [0.4, 0.5) is 26.3 Å². The van der Waals surface area contributed by atoms with Crippen molar-refractivity contribution in [3.05, 3.63) is 93.6 Å². The summed E-state index contributed by atoms with van der Waals surface area (Å²) in [6.07, 6.45) is -3.51. The lowest BCUT2D eigenvalue weighted by molar-refractivity contribution is -0.143. The average Bonchev–Trinajstić information content (AvgIpc) is 2.80. The molecule has 37 heavy (non-hydrogen) atoms. The molecule has 0 aromatic heterocycles. The van der Waals surface area contributed by atoms with Crippen molar-refractivity contribution in [1.29, 1.82) is 0 Å². The van der Waals surface area contributed by atoms with Crippen molar-refractivity contribution in [2.75, 3.05) is 7.11 Å². The fourth-order valence-electron chi connectivity index (χ4n) is 6.22. The predicted molar refractivity (Wildman–Crippen MR) is 130 cm³/mol. The van der Waals surface area contributed by atoms with Gasteiger partial charge in [0.05, 0.1) is 18.2 Å². The van der Waals surface area contributed by atoms with Gasteiger partial charge in [0.2, 0.25) is 0 Å². The van der Waals surface area contributed by atoms with Crippen molar-refractivity contribution in [3.8, 4) is 5.75 Å². The molecular weight excluding hydrogens is 492 g/mol. The van der Waals surface area contributed by atoms with Gasteiger partial charge in [-0.05, 0) is 73.7 Å². The van der Waals surface area contributed by atoms with Crippen LogP contribution in [0.1, 0.15) is 54.5 Å². The van der Waals surface area contributed by atoms with Gasteiger partial charge in [-0.25, -0.2) is 0 Å². The van der Waals surface area contributed by atoms with Gasteiger partial charge in [-0.3, -0.25) is 0 Å². The second kappa shape index (κ2) is 8.51. The number of alkyl halides is 6. The Morgan fingerprint density at radius 2 is 1.62 bits per heavy atom. The van der Waals surface area contributed by atoms with Crippen LogP contribution in [0.25, 0.3) is 5.57 Å². The van der Waals surface area contributed by atoms with Crippen molar-refractivity contribution in [3.63, 3.8) is 0 Å². The molecule has 3 unspecified atom stereocenters. The number of rotatable bonds is 2. The lowest BCUT2D eigenvalue weighted by Gasteiger charge is -2.46. The number of hydrogen-bond acceptors (Lipinski definition) is 2. The summed E-state index contributed by atoms with van der Waals surface area (Å²) < 4.78 is 88.2. The highest BCUT2D eigenvalue weighted by Crippen LogP contribution is 2.53. The molecule has 0 radical (unpaired) electrons. The summed E-state index contributed by atoms with van der Waals surface area (Å²) in [4.78, 5) is 0. The minimum Gasteiger partial charge on any atom is -0.496 e. The Morgan fingerprint density at radius 1 is 0.973 bits per heavy atom. The van der Waals surface area contributed by atoms with Gasteiger partial charge in [0.15, 0.2) is 0 Å². The largest absolute Gasteiger partial charge is 0.496 e. The van der Waals surface area contributed by atoms with Gasteiger partial charge in [0, 0.05) is 29.0 Å². The van der Waals surface area contributed by atoms with Crippen LogP contribution in [0.3, 0.4) is 0 Å². The van der Waals surface area contributed by atoms with Crippen LogP contribution in [0.15, 0.2) is 65.8 Å². The standard InChI is InChI=1S/C29H27F6NO/c1-15-14-27(2,3)36-22-9-8-20-25-16(6-5-7-23(25)37-4)12-21(26(20)24(15)22)17-10-18(28(30,31)32)13-19(11-17)29(33,34)35/h5-11,13-14,21-22,24,36H,12H2,1-4H3. The molecule has 0 spiro atoms. The predicted octanol–water partition coefficient (Wildman–Crippen LogP) is 7.71. The highest BCUT2D eigenvalue weighted by molar-refractivity contribution is 5.87. The molecule has 5 rings (SSSR count). The van der Waals surface area contributed by atoms with Crippen LogP contribution in [0.5, 0.6) is 5.75 Å². The number of benzene rings is 2. The Kier molecular flexibility index (Phi) is 5.90. The molecule has 2 nitrogen and oxygen atoms in total. The molecule has 0 amide bonds. The summed E-state index contributed by atoms with van der Waals surface area (Å²) in [7, 11) is 1.55. The van der Waals surface area contributed by atoms with Gasteiger partial charge in [0.1, 0.15) is 5.75 Å². The zero-order valence-electron chi connectivity index (χ0n) is 20.8. The number of allylic oxidation sites excluding steroid dienone is 2. The van der Waals surface area contributed by atoms with E-state index < -0.39 is 29.4 Å². The number of hydrogen-bond donors (Lipinski definition) is 1. The van der Waals surface area contributed by atoms with Crippen LogP contribution in [-0.4, -0.2) is 18.7 Å². The van der Waals surface area contributed by atoms with Crippen LogP contribution in [0.2, 0.25) is 0 Å². The van der Waals surface area contributed by atoms with Gasteiger partial charge in [-0.1, -0.05) is 35.9 Å². The number of nitrogens with one attached hydrogen (secondary N) is 1. The molecule has 0 saturated heterocycles. The van der Waals surface area contributed by atoms with E-state index in [1.165, 1.54) is 0 Å². The van der Waals surface area contributed by atoms with Crippen molar-refractivity contribution < 1.29 is 31.1 Å². The number of halogens is 6. The molecule has 0 fully saturated rings. The second-order valence-electron chi connectivity index (χ2n) is 10.6. The van der Waals surface area contributed by atoms with E-state index in [2.05, 4.69) is 11.4 Å². The fraction of sp³-hybridized carbons (Fsp3) is 0.379. The molecule has 2 aromatic carbocycles. The lowest BCUT2D eigenvalue weighted by atomic mass is 9.64. The van der Waals surface area contributed by atoms with Crippen LogP contribution in [-0.2, 0) is 18.8 Å². The maximum absolute atomic E-state index is 13.8. The summed E-state index contributed by atoms with van der Waals surface area (Å²) in [5, 5.41) is 3.57. The summed E-state index contributed by atoms with van der Waals surface area (Å²) in [6.45, 7) is 6.04. The van der Waals surface area contributed by atoms with E-state index in [-0.39, 0.29) is 35.5 Å². The summed E-state index contributed by atoms with van der Waals surface area (Å²) in [5.41, 5.74) is 1.40. The number of ether oxygens (including phenoxy) is 1. The summed E-state index contributed by atoms with van der Waals surface area (Å²) in [5.74, 6) is -0.279. The van der Waals surface area contributed by atoms with E-state index in [1.54, 1.807) is 13.2 Å². The third-order valence-corrected chi connectivity index (χ3v) is 7.51. The Labute approximate surface area is 211 Å². The van der Waals surface area contributed by atoms with E-state index in [4.69, 9.17) is 4.74 Å². The molecule has 3 atom stereocenters. The summed E-state index contributed by atoms with van der Waals surface area (Å²) in [6, 6.07) is 7.27. The first-order valence-corrected chi connectivity index (χ1v) is 12.0. The van der Waals surface area contributed by atoms with Gasteiger partial charge in [-0.2, -0.15) is 26.3 Å². The molecule has 0 saturated carbocycles. The maximum atomic E-state index is 13.8. The Balaban J connectivity index is 1.79. The highest BCUT2D eigenvalue weighted by Gasteiger charge is 2.44. The highest BCUT2D eigenvalue weighted by atomic mass is 19.4. The Morgan fingerprint density at radius 3 is 2.22 bits per heavy atom. The average molecular weight is 520 g/mol. The van der Waals surface area contributed by atoms with Crippen LogP contribution >= 0.6 is 0 Å². The smallest absolute Gasteiger partial charge is 0.416 e. The van der Waals surface area contributed by atoms with Crippen LogP contribution in [0, 0.1) is 5.92 Å². The third-order valence-electron chi connectivity index (χ3n) is 7.51. The second-order valence-corrected chi connectivity index (χ2v) is 10.6. The fourth-order valence-corrected chi connectivity index (χ4v) is 6.22. The molecular formula is C29H27F6NO. The van der Waals surface area contributed by atoms with Crippen LogP contribution < -0.4 is 10.1 Å². The minimum atomic E-state index is -4.91. The zero-order chi connectivity index (χ0) is 26.9. The third kappa shape index (κ3) is 4.49. The Bertz CT molecular complexity index is 1310. The normalized spacial score (nSPS) is 24.7. The maximum Gasteiger partial charge on any atom is 0.416 e. The van der Waals surface area contributed by atoms with Crippen molar-refractivity contribution >= 4 is 5.57 Å². The van der Waals surface area contributed by atoms with Crippen molar-refractivity contribution in [2.45, 2.75) is 57.0 Å². The molecule has 2 aliphatic carbocycles. The first-order valence-electron chi connectivity index (χ1n) is 12.0. The van der Waals surface area contributed by atoms with Gasteiger partial charge in [0.25, 0.3) is 0 Å². The van der Waals surface area contributed by atoms with Gasteiger partial charge < -0.3 is 10.1 Å². The Hall–Kier alpha value is -3.00. The SMILES string of the molecule is COc1cccc2c1C1=C(C(c3cc(C(F)(F)F)cc(C(F)(F)F)c3)C2)C2C(C)=CC(C)(C)NC2C=C1. The monoisotopic (exact) mass is 519 g/mol. The molecule has 3 aliphatic rings. The van der Waals surface area contributed by atoms with E-state index in [0.717, 1.165) is 40.0 Å². The first kappa shape index (κ1) is 25.6. The molecule has 1 N–H and O–H groups in total. The van der Waals surface area contributed by atoms with Gasteiger partial charge >= 0.3 is 12.4 Å². The summed E-state index contributed by atoms with van der Waals surface area (Å²) >= 11 is 0. The van der Waals surface area contributed by atoms with E-state index in [1.807, 2.05) is 45.1 Å². The molecule has 8 heteroatoms. The number of methoxy groups -OCH3 is 1. The number of fused-ring (bicyclic) bond motifs is 4. The lowest BCUT2D eigenvalue weighted by Crippen LogP contribution is -2.53. The van der Waals surface area contributed by atoms with Gasteiger partial charge in [-0.15, -0.1) is 0 Å². The van der Waals surface area contributed by atoms with E-state index >= 15 is 0 Å². The molecule has 196 valence electrons. The molecule has 2 aromatic rings. The topological polar surface area (TPSA) is 21.3 Å². The molecule has 0 bridgehead atoms. The quantitative estimate of drug-likeness (QED) is 0.324. The first-order chi connectivity index (χ1) is 17.2. The molecule has 1 heterocycles. The minimum absolute atomic E-state index is 0.00908. The molecule has 1 aliphatic heterocycles.